The fourth-order valence-corrected chi connectivity index (χ4v) is 3.29. The molecule has 0 unspecified atom stereocenters. The van der Waals surface area contributed by atoms with Gasteiger partial charge in [-0.15, -0.1) is 0 Å². The molecule has 0 fully saturated rings. The topological polar surface area (TPSA) is 73.2 Å². The summed E-state index contributed by atoms with van der Waals surface area (Å²) in [6.45, 7) is 0.164. The molecule has 0 saturated heterocycles. The third-order valence-electron chi connectivity index (χ3n) is 4.82. The lowest BCUT2D eigenvalue weighted by atomic mass is 10.1. The predicted molar refractivity (Wildman–Crippen MR) is 107 cm³/mol. The lowest BCUT2D eigenvalue weighted by Crippen LogP contribution is -2.37. The number of rotatable bonds is 4. The van der Waals surface area contributed by atoms with Crippen LogP contribution in [0, 0.1) is 11.6 Å². The summed E-state index contributed by atoms with van der Waals surface area (Å²) in [6.07, 6.45) is -0.766. The van der Waals surface area contributed by atoms with Crippen LogP contribution < -0.4 is 10.2 Å². The molecule has 3 heterocycles. The molecule has 1 aliphatic heterocycles. The van der Waals surface area contributed by atoms with Crippen molar-refractivity contribution in [3.63, 3.8) is 0 Å². The Hall–Kier alpha value is -4.02. The van der Waals surface area contributed by atoms with Gasteiger partial charge in [0.15, 0.2) is 11.6 Å². The number of fused-ring (bicyclic) bond motifs is 1. The van der Waals surface area contributed by atoms with Crippen molar-refractivity contribution in [1.29, 1.82) is 0 Å². The summed E-state index contributed by atoms with van der Waals surface area (Å²) < 4.78 is 65.7. The second-order valence-electron chi connectivity index (χ2n) is 7.04. The molecule has 0 spiro atoms. The number of pyridine rings is 1. The third kappa shape index (κ3) is 4.61. The van der Waals surface area contributed by atoms with Gasteiger partial charge in [-0.2, -0.15) is 17.9 Å². The third-order valence-corrected chi connectivity index (χ3v) is 4.82. The van der Waals surface area contributed by atoms with Crippen molar-refractivity contribution in [1.82, 2.24) is 15.0 Å². The van der Waals surface area contributed by atoms with Crippen LogP contribution in [-0.2, 0) is 11.2 Å². The quantitative estimate of drug-likeness (QED) is 0.598. The van der Waals surface area contributed by atoms with E-state index in [1.807, 2.05) is 0 Å². The van der Waals surface area contributed by atoms with Crippen molar-refractivity contribution in [2.75, 3.05) is 6.54 Å². The molecule has 0 radical (unpaired) electrons. The number of benzene rings is 1. The average molecular weight is 463 g/mol. The van der Waals surface area contributed by atoms with E-state index in [1.165, 1.54) is 42.6 Å². The molecule has 11 heteroatoms. The molecule has 2 aromatic heterocycles. The van der Waals surface area contributed by atoms with Crippen molar-refractivity contribution in [2.45, 2.75) is 12.6 Å². The van der Waals surface area contributed by atoms with Crippen LogP contribution in [-0.4, -0.2) is 34.3 Å². The zero-order valence-corrected chi connectivity index (χ0v) is 16.6. The predicted octanol–water partition coefficient (Wildman–Crippen LogP) is 3.80. The zero-order chi connectivity index (χ0) is 23.8. The second-order valence-corrected chi connectivity index (χ2v) is 7.04. The van der Waals surface area contributed by atoms with E-state index in [0.717, 1.165) is 12.1 Å². The minimum absolute atomic E-state index is 0.0412. The van der Waals surface area contributed by atoms with Gasteiger partial charge in [0, 0.05) is 24.7 Å². The maximum atomic E-state index is 13.4. The first-order valence-electron chi connectivity index (χ1n) is 9.55. The lowest BCUT2D eigenvalue weighted by Gasteiger charge is -2.17. The highest BCUT2D eigenvalue weighted by atomic mass is 19.4. The Balaban J connectivity index is 1.73. The Labute approximate surface area is 183 Å². The first kappa shape index (κ1) is 22.2. The minimum atomic E-state index is -5.23. The number of halogens is 5. The highest BCUT2D eigenvalue weighted by Gasteiger charge is 2.43. The van der Waals surface area contributed by atoms with Crippen LogP contribution in [0.4, 0.5) is 22.0 Å². The number of aromatic nitrogens is 2. The standard InChI is InChI=1S/C22H14F5N3O3/c23-16-4-2-12(9-17(16)24)1-3-14-10-13(5-7-28-14)19-11-15-18(6-8-29-20(15)31)30(19)33-21(32)22(25,26)27/h1-5,7,9-11H,6,8H2,(H,29,31)/b3-1-. The fourth-order valence-electron chi connectivity index (χ4n) is 3.29. The molecule has 1 aromatic carbocycles. The normalized spacial score (nSPS) is 13.7. The van der Waals surface area contributed by atoms with Crippen LogP contribution in [0.5, 0.6) is 0 Å². The van der Waals surface area contributed by atoms with E-state index in [-0.39, 0.29) is 29.9 Å². The van der Waals surface area contributed by atoms with Gasteiger partial charge in [-0.25, -0.2) is 13.6 Å². The smallest absolute Gasteiger partial charge is 0.352 e. The maximum absolute atomic E-state index is 13.4. The van der Waals surface area contributed by atoms with Crippen LogP contribution >= 0.6 is 0 Å². The van der Waals surface area contributed by atoms with Gasteiger partial charge < -0.3 is 10.2 Å². The van der Waals surface area contributed by atoms with E-state index in [0.29, 0.717) is 21.6 Å². The molecule has 1 aliphatic rings. The molecule has 170 valence electrons. The number of hydrogen-bond donors (Lipinski definition) is 1. The molecule has 3 aromatic rings. The van der Waals surface area contributed by atoms with Crippen LogP contribution in [0.3, 0.4) is 0 Å². The number of alkyl halides is 3. The molecule has 0 saturated carbocycles. The van der Waals surface area contributed by atoms with Crippen molar-refractivity contribution < 1.29 is 36.4 Å². The van der Waals surface area contributed by atoms with Gasteiger partial charge in [-0.3, -0.25) is 9.78 Å². The number of amides is 1. The van der Waals surface area contributed by atoms with Gasteiger partial charge >= 0.3 is 12.1 Å². The Morgan fingerprint density at radius 1 is 1.09 bits per heavy atom. The molecule has 33 heavy (non-hydrogen) atoms. The highest BCUT2D eigenvalue weighted by molar-refractivity contribution is 5.98. The van der Waals surface area contributed by atoms with Crippen LogP contribution in [0.2, 0.25) is 0 Å². The summed E-state index contributed by atoms with van der Waals surface area (Å²) in [5.74, 6) is -4.95. The number of carbonyl (C=O) groups excluding carboxylic acids is 2. The summed E-state index contributed by atoms with van der Waals surface area (Å²) in [5, 5.41) is 2.58. The van der Waals surface area contributed by atoms with Crippen LogP contribution in [0.1, 0.15) is 27.3 Å². The van der Waals surface area contributed by atoms with Gasteiger partial charge in [0.1, 0.15) is 0 Å². The number of nitrogens with zero attached hydrogens (tertiary/aromatic N) is 2. The SMILES string of the molecule is O=C1NCCc2c1cc(-c1ccnc(/C=C\c3ccc(F)c(F)c3)c1)n2OC(=O)C(F)(F)F. The second kappa shape index (κ2) is 8.49. The van der Waals surface area contributed by atoms with Crippen molar-refractivity contribution in [2.24, 2.45) is 0 Å². The Bertz CT molecular complexity index is 1280. The Kier molecular flexibility index (Phi) is 5.71. The number of carbonyl (C=O) groups is 2. The van der Waals surface area contributed by atoms with E-state index in [4.69, 9.17) is 0 Å². The first-order chi connectivity index (χ1) is 15.6. The van der Waals surface area contributed by atoms with Gasteiger partial charge in [-0.1, -0.05) is 12.1 Å². The molecular formula is C22H14F5N3O3. The Morgan fingerprint density at radius 3 is 2.61 bits per heavy atom. The van der Waals surface area contributed by atoms with Gasteiger partial charge in [-0.05, 0) is 42.0 Å². The van der Waals surface area contributed by atoms with E-state index >= 15 is 0 Å². The molecular weight excluding hydrogens is 449 g/mol. The molecule has 1 N–H and O–H groups in total. The molecule has 6 nitrogen and oxygen atoms in total. The van der Waals surface area contributed by atoms with Gasteiger partial charge in [0.2, 0.25) is 0 Å². The number of hydrogen-bond acceptors (Lipinski definition) is 4. The van der Waals surface area contributed by atoms with E-state index in [2.05, 4.69) is 15.1 Å². The van der Waals surface area contributed by atoms with Crippen molar-refractivity contribution >= 4 is 24.0 Å². The fraction of sp³-hybridized carbons (Fsp3) is 0.136. The minimum Gasteiger partial charge on any atom is -0.352 e. The molecule has 4 rings (SSSR count). The van der Waals surface area contributed by atoms with Gasteiger partial charge in [0.25, 0.3) is 5.91 Å². The summed E-state index contributed by atoms with van der Waals surface area (Å²) >= 11 is 0. The summed E-state index contributed by atoms with van der Waals surface area (Å²) in [6, 6.07) is 7.58. The Morgan fingerprint density at radius 2 is 1.88 bits per heavy atom. The molecule has 0 bridgehead atoms. The molecule has 0 aliphatic carbocycles. The van der Waals surface area contributed by atoms with Crippen LogP contribution in [0.25, 0.3) is 23.4 Å². The summed E-state index contributed by atoms with van der Waals surface area (Å²) in [5.41, 5.74) is 1.25. The van der Waals surface area contributed by atoms with Crippen LogP contribution in [0.15, 0.2) is 42.6 Å². The summed E-state index contributed by atoms with van der Waals surface area (Å²) in [4.78, 5) is 32.4. The van der Waals surface area contributed by atoms with Crippen molar-refractivity contribution in [3.05, 3.63) is 76.7 Å². The monoisotopic (exact) mass is 463 g/mol. The van der Waals surface area contributed by atoms with E-state index in [9.17, 15) is 31.5 Å². The average Bonchev–Trinajstić information content (AvgIpc) is 3.14. The summed E-state index contributed by atoms with van der Waals surface area (Å²) in [7, 11) is 0. The largest absolute Gasteiger partial charge is 0.493 e. The maximum Gasteiger partial charge on any atom is 0.493 e. The molecule has 1 amide bonds. The highest BCUT2D eigenvalue weighted by Crippen LogP contribution is 2.29. The number of nitrogens with one attached hydrogen (secondary N) is 1. The zero-order valence-electron chi connectivity index (χ0n) is 16.6. The molecule has 0 atom stereocenters. The first-order valence-corrected chi connectivity index (χ1v) is 9.55. The van der Waals surface area contributed by atoms with Crippen molar-refractivity contribution in [3.8, 4) is 11.3 Å². The van der Waals surface area contributed by atoms with E-state index < -0.39 is 29.7 Å². The lowest BCUT2D eigenvalue weighted by molar-refractivity contribution is -0.199. The van der Waals surface area contributed by atoms with Gasteiger partial charge in [0.05, 0.1) is 22.6 Å². The van der Waals surface area contributed by atoms with E-state index in [1.54, 1.807) is 0 Å².